The Morgan fingerprint density at radius 3 is 2.00 bits per heavy atom. The lowest BCUT2D eigenvalue weighted by atomic mass is 9.96. The molecule has 0 heterocycles. The molecule has 4 heteroatoms. The van der Waals surface area contributed by atoms with Crippen LogP contribution in [0.15, 0.2) is 12.1 Å². The van der Waals surface area contributed by atoms with Crippen molar-refractivity contribution in [1.82, 2.24) is 0 Å². The van der Waals surface area contributed by atoms with Gasteiger partial charge < -0.3 is 10.2 Å². The fourth-order valence-electron chi connectivity index (χ4n) is 1.74. The molecular formula is C12H14O4. The zero-order valence-corrected chi connectivity index (χ0v) is 9.28. The van der Waals surface area contributed by atoms with Crippen LogP contribution < -0.4 is 0 Å². The number of hydrogen-bond acceptors (Lipinski definition) is 2. The van der Waals surface area contributed by atoms with Crippen LogP contribution in [0.3, 0.4) is 0 Å². The van der Waals surface area contributed by atoms with Crippen molar-refractivity contribution in [2.24, 2.45) is 0 Å². The summed E-state index contributed by atoms with van der Waals surface area (Å²) in [6.07, 6.45) is 0.501. The second kappa shape index (κ2) is 4.79. The van der Waals surface area contributed by atoms with Crippen LogP contribution in [0.25, 0.3) is 0 Å². The highest BCUT2D eigenvalue weighted by molar-refractivity contribution is 5.88. The van der Waals surface area contributed by atoms with Gasteiger partial charge in [-0.3, -0.25) is 4.79 Å². The summed E-state index contributed by atoms with van der Waals surface area (Å²) < 4.78 is 0. The van der Waals surface area contributed by atoms with Crippen molar-refractivity contribution in [1.29, 1.82) is 0 Å². The van der Waals surface area contributed by atoms with Gasteiger partial charge in [0.1, 0.15) is 0 Å². The van der Waals surface area contributed by atoms with E-state index in [2.05, 4.69) is 0 Å². The number of carboxylic acids is 2. The van der Waals surface area contributed by atoms with Gasteiger partial charge in [-0.15, -0.1) is 0 Å². The molecule has 86 valence electrons. The Morgan fingerprint density at radius 1 is 1.12 bits per heavy atom. The third-order valence-corrected chi connectivity index (χ3v) is 2.53. The average Bonchev–Trinajstić information content (AvgIpc) is 2.15. The van der Waals surface area contributed by atoms with Crippen molar-refractivity contribution in [3.8, 4) is 0 Å². The Hall–Kier alpha value is -1.84. The van der Waals surface area contributed by atoms with Crippen LogP contribution >= 0.6 is 0 Å². The van der Waals surface area contributed by atoms with Gasteiger partial charge in [0, 0.05) is 6.42 Å². The molecule has 0 aliphatic heterocycles. The second-order valence-corrected chi connectivity index (χ2v) is 3.79. The Morgan fingerprint density at radius 2 is 1.62 bits per heavy atom. The minimum absolute atomic E-state index is 0.0636. The zero-order chi connectivity index (χ0) is 12.3. The fraction of sp³-hybridized carbons (Fsp3) is 0.333. The minimum Gasteiger partial charge on any atom is -0.481 e. The molecule has 0 radical (unpaired) electrons. The first kappa shape index (κ1) is 12.2. The highest BCUT2D eigenvalue weighted by atomic mass is 16.4. The summed E-state index contributed by atoms with van der Waals surface area (Å²) >= 11 is 0. The Balaban J connectivity index is 3.03. The molecule has 0 saturated carbocycles. The predicted octanol–water partition coefficient (Wildman–Crippen LogP) is 2.02. The van der Waals surface area contributed by atoms with Gasteiger partial charge in [0.2, 0.25) is 0 Å². The van der Waals surface area contributed by atoms with E-state index in [9.17, 15) is 9.59 Å². The third kappa shape index (κ3) is 2.82. The fourth-order valence-corrected chi connectivity index (χ4v) is 1.74. The number of benzene rings is 1. The van der Waals surface area contributed by atoms with Crippen molar-refractivity contribution < 1.29 is 19.8 Å². The normalized spacial score (nSPS) is 10.1. The van der Waals surface area contributed by atoms with Crippen molar-refractivity contribution in [2.75, 3.05) is 0 Å². The van der Waals surface area contributed by atoms with E-state index in [0.29, 0.717) is 6.42 Å². The number of rotatable bonds is 4. The number of aryl methyl sites for hydroxylation is 2. The summed E-state index contributed by atoms with van der Waals surface area (Å²) in [5.41, 5.74) is 2.83. The summed E-state index contributed by atoms with van der Waals surface area (Å²) in [5, 5.41) is 17.5. The number of carbonyl (C=O) groups is 2. The standard InChI is InChI=1S/C12H14O4/c1-7-5-9(12(15)16)6-8(2)10(7)3-4-11(13)14/h5-6H,3-4H2,1-2H3,(H,13,14)(H,15,16). The molecule has 1 rings (SSSR count). The zero-order valence-electron chi connectivity index (χ0n) is 9.28. The van der Waals surface area contributed by atoms with Gasteiger partial charge in [0.15, 0.2) is 0 Å². The first-order valence-electron chi connectivity index (χ1n) is 4.97. The van der Waals surface area contributed by atoms with Crippen LogP contribution in [-0.2, 0) is 11.2 Å². The first-order chi connectivity index (χ1) is 7.41. The smallest absolute Gasteiger partial charge is 0.335 e. The maximum absolute atomic E-state index is 10.8. The van der Waals surface area contributed by atoms with Crippen LogP contribution in [0.5, 0.6) is 0 Å². The SMILES string of the molecule is Cc1cc(C(=O)O)cc(C)c1CCC(=O)O. The molecule has 1 aromatic carbocycles. The van der Waals surface area contributed by atoms with Gasteiger partial charge in [0.05, 0.1) is 5.56 Å². The molecule has 0 bridgehead atoms. The monoisotopic (exact) mass is 222 g/mol. The van der Waals surface area contributed by atoms with E-state index >= 15 is 0 Å². The van der Waals surface area contributed by atoms with Crippen molar-refractivity contribution in [3.63, 3.8) is 0 Å². The maximum Gasteiger partial charge on any atom is 0.335 e. The molecular weight excluding hydrogens is 208 g/mol. The average molecular weight is 222 g/mol. The molecule has 0 spiro atoms. The number of carboxylic acid groups (broad SMARTS) is 2. The summed E-state index contributed by atoms with van der Waals surface area (Å²) in [6, 6.07) is 3.15. The summed E-state index contributed by atoms with van der Waals surface area (Å²) in [5.74, 6) is -1.81. The Bertz CT molecular complexity index is 412. The first-order valence-corrected chi connectivity index (χ1v) is 4.97. The molecule has 4 nitrogen and oxygen atoms in total. The van der Waals surface area contributed by atoms with Gasteiger partial charge >= 0.3 is 11.9 Å². The topological polar surface area (TPSA) is 74.6 Å². The predicted molar refractivity (Wildman–Crippen MR) is 58.8 cm³/mol. The van der Waals surface area contributed by atoms with Crippen LogP contribution in [0, 0.1) is 13.8 Å². The van der Waals surface area contributed by atoms with Crippen molar-refractivity contribution in [3.05, 3.63) is 34.4 Å². The summed E-state index contributed by atoms with van der Waals surface area (Å²) in [6.45, 7) is 3.60. The molecule has 0 aliphatic carbocycles. The molecule has 16 heavy (non-hydrogen) atoms. The molecule has 0 fully saturated rings. The van der Waals surface area contributed by atoms with Gasteiger partial charge in [-0.2, -0.15) is 0 Å². The van der Waals surface area contributed by atoms with Crippen LogP contribution in [-0.4, -0.2) is 22.2 Å². The summed E-state index contributed by atoms with van der Waals surface area (Å²) in [7, 11) is 0. The highest BCUT2D eigenvalue weighted by Crippen LogP contribution is 2.18. The second-order valence-electron chi connectivity index (χ2n) is 3.79. The molecule has 0 aliphatic rings. The molecule has 0 aromatic heterocycles. The van der Waals surface area contributed by atoms with Gasteiger partial charge in [-0.05, 0) is 49.1 Å². The van der Waals surface area contributed by atoms with Crippen molar-refractivity contribution in [2.45, 2.75) is 26.7 Å². The molecule has 1 aromatic rings. The molecule has 0 atom stereocenters. The van der Waals surface area contributed by atoms with Crippen LogP contribution in [0.1, 0.15) is 33.5 Å². The summed E-state index contributed by atoms with van der Waals surface area (Å²) in [4.78, 5) is 21.3. The van der Waals surface area contributed by atoms with E-state index < -0.39 is 11.9 Å². The Kier molecular flexibility index (Phi) is 3.66. The lowest BCUT2D eigenvalue weighted by Gasteiger charge is -2.09. The van der Waals surface area contributed by atoms with E-state index in [-0.39, 0.29) is 12.0 Å². The van der Waals surface area contributed by atoms with E-state index in [1.807, 2.05) is 0 Å². The van der Waals surface area contributed by atoms with Crippen molar-refractivity contribution >= 4 is 11.9 Å². The van der Waals surface area contributed by atoms with Gasteiger partial charge in [-0.1, -0.05) is 0 Å². The quantitative estimate of drug-likeness (QED) is 0.817. The van der Waals surface area contributed by atoms with Gasteiger partial charge in [0.25, 0.3) is 0 Å². The maximum atomic E-state index is 10.8. The lowest BCUT2D eigenvalue weighted by molar-refractivity contribution is -0.136. The number of hydrogen-bond donors (Lipinski definition) is 2. The van der Waals surface area contributed by atoms with Crippen LogP contribution in [0.2, 0.25) is 0 Å². The van der Waals surface area contributed by atoms with E-state index in [4.69, 9.17) is 10.2 Å². The van der Waals surface area contributed by atoms with Crippen LogP contribution in [0.4, 0.5) is 0 Å². The molecule has 0 saturated heterocycles. The van der Waals surface area contributed by atoms with Gasteiger partial charge in [-0.25, -0.2) is 4.79 Å². The minimum atomic E-state index is -0.962. The molecule has 0 amide bonds. The molecule has 2 N–H and O–H groups in total. The lowest BCUT2D eigenvalue weighted by Crippen LogP contribution is -2.04. The number of aromatic carboxylic acids is 1. The van der Waals surface area contributed by atoms with E-state index in [1.165, 1.54) is 0 Å². The number of aliphatic carboxylic acids is 1. The third-order valence-electron chi connectivity index (χ3n) is 2.53. The largest absolute Gasteiger partial charge is 0.481 e. The Labute approximate surface area is 93.5 Å². The molecule has 0 unspecified atom stereocenters. The van der Waals surface area contributed by atoms with E-state index in [0.717, 1.165) is 16.7 Å². The highest BCUT2D eigenvalue weighted by Gasteiger charge is 2.10. The van der Waals surface area contributed by atoms with E-state index in [1.54, 1.807) is 26.0 Å².